The maximum atomic E-state index is 12.3. The summed E-state index contributed by atoms with van der Waals surface area (Å²) in [6.45, 7) is 6.14. The van der Waals surface area contributed by atoms with Crippen LogP contribution in [0.1, 0.15) is 18.1 Å². The molecular weight excluding hydrogens is 537 g/mol. The van der Waals surface area contributed by atoms with Crippen molar-refractivity contribution in [3.63, 3.8) is 0 Å². The van der Waals surface area contributed by atoms with E-state index >= 15 is 0 Å². The Kier molecular flexibility index (Phi) is 6.56. The second kappa shape index (κ2) is 8.91. The lowest BCUT2D eigenvalue weighted by Crippen LogP contribution is -2.06. The Bertz CT molecular complexity index is 1010. The van der Waals surface area contributed by atoms with Gasteiger partial charge in [-0.15, -0.1) is 0 Å². The molecule has 144 valence electrons. The van der Waals surface area contributed by atoms with E-state index in [0.717, 1.165) is 24.7 Å². The zero-order valence-corrected chi connectivity index (χ0v) is 19.0. The van der Waals surface area contributed by atoms with E-state index in [-0.39, 0.29) is 11.6 Å². The van der Waals surface area contributed by atoms with E-state index in [1.54, 1.807) is 19.3 Å². The molecule has 0 fully saturated rings. The Hall–Kier alpha value is -2.13. The number of cyclic esters (lactones) is 1. The van der Waals surface area contributed by atoms with Crippen LogP contribution in [0.25, 0.3) is 6.08 Å². The Labute approximate surface area is 185 Å². The number of aliphatic imine (C=N–C) groups is 1. The van der Waals surface area contributed by atoms with Gasteiger partial charge < -0.3 is 14.2 Å². The van der Waals surface area contributed by atoms with Crippen LogP contribution >= 0.6 is 38.5 Å². The molecule has 1 heterocycles. The fraction of sp³-hybridized carbons (Fsp3) is 0.143. The highest BCUT2D eigenvalue weighted by Gasteiger charge is 2.25. The summed E-state index contributed by atoms with van der Waals surface area (Å²) in [7, 11) is 1.57. The maximum Gasteiger partial charge on any atom is 0.363 e. The number of nitrogens with zero attached hydrogens (tertiary/aromatic N) is 1. The minimum absolute atomic E-state index is 0.221. The van der Waals surface area contributed by atoms with Gasteiger partial charge in [0.2, 0.25) is 5.90 Å². The van der Waals surface area contributed by atoms with Crippen LogP contribution in [0.5, 0.6) is 11.5 Å². The summed E-state index contributed by atoms with van der Waals surface area (Å²) in [5.74, 6) is 0.982. The summed E-state index contributed by atoms with van der Waals surface area (Å²) in [5.41, 5.74) is 2.61. The van der Waals surface area contributed by atoms with Crippen molar-refractivity contribution in [2.45, 2.75) is 6.92 Å². The molecule has 28 heavy (non-hydrogen) atoms. The molecule has 0 aromatic heterocycles. The highest BCUT2D eigenvalue weighted by Crippen LogP contribution is 2.35. The third-order valence-corrected chi connectivity index (χ3v) is 5.24. The number of ether oxygens (including phenoxy) is 3. The first-order chi connectivity index (χ1) is 13.4. The fourth-order valence-electron chi connectivity index (χ4n) is 2.48. The van der Waals surface area contributed by atoms with Gasteiger partial charge >= 0.3 is 5.97 Å². The highest BCUT2D eigenvalue weighted by atomic mass is 127. The molecule has 3 rings (SSSR count). The van der Waals surface area contributed by atoms with E-state index in [0.29, 0.717) is 18.1 Å². The first kappa shape index (κ1) is 20.6. The minimum Gasteiger partial charge on any atom is -0.493 e. The number of hydrogen-bond acceptors (Lipinski definition) is 5. The first-order valence-corrected chi connectivity index (χ1v) is 10.2. The molecule has 2 aromatic carbocycles. The number of carbonyl (C=O) groups excluding carboxylic acids is 1. The molecule has 0 amide bonds. The molecule has 0 radical (unpaired) electrons. The molecule has 0 saturated heterocycles. The van der Waals surface area contributed by atoms with Crippen molar-refractivity contribution in [3.05, 3.63) is 73.4 Å². The molecule has 5 nitrogen and oxygen atoms in total. The summed E-state index contributed by atoms with van der Waals surface area (Å²) in [6.07, 6.45) is 1.67. The van der Waals surface area contributed by atoms with Crippen LogP contribution in [-0.2, 0) is 9.53 Å². The molecule has 0 spiro atoms. The summed E-state index contributed by atoms with van der Waals surface area (Å²) in [6, 6.07) is 11.1. The highest BCUT2D eigenvalue weighted by molar-refractivity contribution is 14.1. The first-order valence-electron chi connectivity index (χ1n) is 8.31. The number of benzene rings is 2. The summed E-state index contributed by atoms with van der Waals surface area (Å²) >= 11 is 5.61. The van der Waals surface area contributed by atoms with Crippen molar-refractivity contribution < 1.29 is 19.0 Å². The summed E-state index contributed by atoms with van der Waals surface area (Å²) in [5, 5.41) is 0. The quantitative estimate of drug-likeness (QED) is 0.209. The van der Waals surface area contributed by atoms with Gasteiger partial charge in [0.05, 0.1) is 16.2 Å². The van der Waals surface area contributed by atoms with Crippen LogP contribution in [0.3, 0.4) is 0 Å². The zero-order valence-electron chi connectivity index (χ0n) is 15.3. The van der Waals surface area contributed by atoms with E-state index < -0.39 is 5.97 Å². The number of halogens is 2. The van der Waals surface area contributed by atoms with Gasteiger partial charge in [-0.25, -0.2) is 9.79 Å². The van der Waals surface area contributed by atoms with E-state index in [1.165, 1.54) is 0 Å². The Morgan fingerprint density at radius 2 is 2.11 bits per heavy atom. The largest absolute Gasteiger partial charge is 0.493 e. The predicted molar refractivity (Wildman–Crippen MR) is 121 cm³/mol. The van der Waals surface area contributed by atoms with Crippen LogP contribution in [-0.4, -0.2) is 25.6 Å². The lowest BCUT2D eigenvalue weighted by molar-refractivity contribution is -0.129. The zero-order chi connectivity index (χ0) is 20.3. The van der Waals surface area contributed by atoms with E-state index in [9.17, 15) is 4.79 Å². The number of carbonyl (C=O) groups is 1. The standard InChI is InChI=1S/C21H17BrINO4/c1-12(2)11-27-19-16(23)8-13(10-18(19)26-3)9-17-21(25)28-20(24-17)14-6-4-5-7-15(14)22/h4-10H,1,11H2,2-3H3/b17-9-. The Balaban J connectivity index is 1.94. The summed E-state index contributed by atoms with van der Waals surface area (Å²) in [4.78, 5) is 16.6. The average molecular weight is 554 g/mol. The molecule has 1 aliphatic heterocycles. The number of hydrogen-bond donors (Lipinski definition) is 0. The second-order valence-corrected chi connectivity index (χ2v) is 8.11. The molecule has 0 unspecified atom stereocenters. The molecule has 7 heteroatoms. The van der Waals surface area contributed by atoms with Gasteiger partial charge in [0, 0.05) is 4.47 Å². The van der Waals surface area contributed by atoms with Crippen molar-refractivity contribution >= 4 is 56.5 Å². The summed E-state index contributed by atoms with van der Waals surface area (Å²) < 4.78 is 18.2. The second-order valence-electron chi connectivity index (χ2n) is 6.10. The van der Waals surface area contributed by atoms with Crippen LogP contribution in [0.2, 0.25) is 0 Å². The Morgan fingerprint density at radius 3 is 2.79 bits per heavy atom. The van der Waals surface area contributed by atoms with Crippen LogP contribution in [0.15, 0.2) is 63.7 Å². The monoisotopic (exact) mass is 553 g/mol. The Morgan fingerprint density at radius 1 is 1.36 bits per heavy atom. The van der Waals surface area contributed by atoms with Crippen molar-refractivity contribution in [3.8, 4) is 11.5 Å². The molecule has 0 bridgehead atoms. The van der Waals surface area contributed by atoms with Gasteiger partial charge in [-0.3, -0.25) is 0 Å². The van der Waals surface area contributed by atoms with E-state index in [2.05, 4.69) is 50.1 Å². The molecule has 0 atom stereocenters. The molecule has 1 aliphatic rings. The molecular formula is C21H17BrINO4. The van der Waals surface area contributed by atoms with E-state index in [1.807, 2.05) is 37.3 Å². The van der Waals surface area contributed by atoms with Gasteiger partial charge in [0.25, 0.3) is 0 Å². The number of rotatable bonds is 6. The van der Waals surface area contributed by atoms with Gasteiger partial charge in [-0.2, -0.15) is 0 Å². The van der Waals surface area contributed by atoms with Crippen LogP contribution in [0.4, 0.5) is 0 Å². The lowest BCUT2D eigenvalue weighted by Gasteiger charge is -2.13. The molecule has 0 aliphatic carbocycles. The van der Waals surface area contributed by atoms with Crippen molar-refractivity contribution in [1.29, 1.82) is 0 Å². The lowest BCUT2D eigenvalue weighted by atomic mass is 10.1. The average Bonchev–Trinajstić information content (AvgIpc) is 3.00. The topological polar surface area (TPSA) is 57.1 Å². The smallest absolute Gasteiger partial charge is 0.363 e. The SMILES string of the molecule is C=C(C)COc1c(I)cc(/C=C2\N=C(c3ccccc3Br)OC2=O)cc1OC. The van der Waals surface area contributed by atoms with Crippen molar-refractivity contribution in [2.75, 3.05) is 13.7 Å². The number of esters is 1. The normalized spacial score (nSPS) is 14.6. The fourth-order valence-corrected chi connectivity index (χ4v) is 3.71. The maximum absolute atomic E-state index is 12.3. The van der Waals surface area contributed by atoms with Gasteiger partial charge in [0.15, 0.2) is 17.2 Å². The van der Waals surface area contributed by atoms with Gasteiger partial charge in [0.1, 0.15) is 6.61 Å². The van der Waals surface area contributed by atoms with Gasteiger partial charge in [-0.1, -0.05) is 18.7 Å². The molecule has 0 N–H and O–H groups in total. The van der Waals surface area contributed by atoms with Crippen molar-refractivity contribution in [2.24, 2.45) is 4.99 Å². The third-order valence-electron chi connectivity index (χ3n) is 3.74. The number of methoxy groups -OCH3 is 1. The van der Waals surface area contributed by atoms with Crippen LogP contribution in [0, 0.1) is 3.57 Å². The minimum atomic E-state index is -0.498. The van der Waals surface area contributed by atoms with Gasteiger partial charge in [-0.05, 0) is 86.9 Å². The predicted octanol–water partition coefficient (Wildman–Crippen LogP) is 5.36. The van der Waals surface area contributed by atoms with Crippen molar-refractivity contribution in [1.82, 2.24) is 0 Å². The third kappa shape index (κ3) is 4.64. The molecule has 2 aromatic rings. The van der Waals surface area contributed by atoms with E-state index in [4.69, 9.17) is 14.2 Å². The molecule has 0 saturated carbocycles. The van der Waals surface area contributed by atoms with Crippen LogP contribution < -0.4 is 9.47 Å².